The minimum Gasteiger partial charge on any atom is -0.212 e. The third-order valence-electron chi connectivity index (χ3n) is 3.60. The van der Waals surface area contributed by atoms with E-state index in [1.807, 2.05) is 41.1 Å². The summed E-state index contributed by atoms with van der Waals surface area (Å²) in [5, 5.41) is 4.02. The fraction of sp³-hybridized carbons (Fsp3) is 0.111. The first-order chi connectivity index (χ1) is 11.5. The van der Waals surface area contributed by atoms with Crippen molar-refractivity contribution in [1.82, 2.24) is 4.72 Å². The molecule has 0 saturated heterocycles. The van der Waals surface area contributed by atoms with Crippen LogP contribution in [0.2, 0.25) is 0 Å². The van der Waals surface area contributed by atoms with Crippen molar-refractivity contribution in [3.05, 3.63) is 82.3 Å². The molecule has 0 bridgehead atoms. The average molecular weight is 361 g/mol. The number of halogens is 1. The van der Waals surface area contributed by atoms with Crippen LogP contribution in [0.25, 0.3) is 11.1 Å². The highest BCUT2D eigenvalue weighted by atomic mass is 32.2. The van der Waals surface area contributed by atoms with Gasteiger partial charge in [-0.1, -0.05) is 36.4 Å². The van der Waals surface area contributed by atoms with Gasteiger partial charge in [0.15, 0.2) is 0 Å². The van der Waals surface area contributed by atoms with E-state index < -0.39 is 10.0 Å². The lowest BCUT2D eigenvalue weighted by molar-refractivity contribution is 0.580. The molecule has 3 rings (SSSR count). The Kier molecular flexibility index (Phi) is 5.08. The molecule has 1 heterocycles. The van der Waals surface area contributed by atoms with E-state index in [-0.39, 0.29) is 18.1 Å². The predicted octanol–water partition coefficient (Wildman–Crippen LogP) is 4.17. The Hall–Kier alpha value is -2.02. The summed E-state index contributed by atoms with van der Waals surface area (Å²) >= 11 is 1.60. The van der Waals surface area contributed by atoms with Crippen molar-refractivity contribution in [2.24, 2.45) is 0 Å². The van der Waals surface area contributed by atoms with Gasteiger partial charge in [-0.15, -0.1) is 0 Å². The fourth-order valence-corrected chi connectivity index (χ4v) is 4.18. The number of sulfonamides is 1. The fourth-order valence-electron chi connectivity index (χ4n) is 2.41. The van der Waals surface area contributed by atoms with Gasteiger partial charge in [0.25, 0.3) is 0 Å². The van der Waals surface area contributed by atoms with Gasteiger partial charge in [0, 0.05) is 6.54 Å². The molecule has 0 unspecified atom stereocenters. The van der Waals surface area contributed by atoms with E-state index in [9.17, 15) is 12.8 Å². The minimum atomic E-state index is -3.50. The van der Waals surface area contributed by atoms with Crippen LogP contribution >= 0.6 is 11.3 Å². The molecule has 0 spiro atoms. The highest BCUT2D eigenvalue weighted by Crippen LogP contribution is 2.25. The maximum absolute atomic E-state index is 12.9. The summed E-state index contributed by atoms with van der Waals surface area (Å²) in [6, 6.07) is 15.2. The topological polar surface area (TPSA) is 46.2 Å². The number of thiophene rings is 1. The predicted molar refractivity (Wildman–Crippen MR) is 95.6 cm³/mol. The highest BCUT2D eigenvalue weighted by molar-refractivity contribution is 7.88. The van der Waals surface area contributed by atoms with Gasteiger partial charge in [0.1, 0.15) is 5.82 Å². The van der Waals surface area contributed by atoms with Crippen molar-refractivity contribution in [1.29, 1.82) is 0 Å². The Labute approximate surface area is 144 Å². The average Bonchev–Trinajstić information content (AvgIpc) is 3.10. The van der Waals surface area contributed by atoms with Gasteiger partial charge in [-0.05, 0) is 51.2 Å². The molecule has 1 aromatic heterocycles. The lowest BCUT2D eigenvalue weighted by Crippen LogP contribution is -2.25. The maximum atomic E-state index is 12.9. The van der Waals surface area contributed by atoms with Crippen molar-refractivity contribution in [2.45, 2.75) is 12.3 Å². The minimum absolute atomic E-state index is 0.173. The van der Waals surface area contributed by atoms with Gasteiger partial charge in [-0.25, -0.2) is 17.5 Å². The van der Waals surface area contributed by atoms with Crippen LogP contribution in [0.15, 0.2) is 65.4 Å². The summed E-state index contributed by atoms with van der Waals surface area (Å²) in [5.74, 6) is -0.553. The largest absolute Gasteiger partial charge is 0.216 e. The second kappa shape index (κ2) is 7.25. The Morgan fingerprint density at radius 3 is 2.46 bits per heavy atom. The van der Waals surface area contributed by atoms with E-state index in [0.29, 0.717) is 5.56 Å². The molecule has 0 aliphatic rings. The lowest BCUT2D eigenvalue weighted by Gasteiger charge is -2.10. The number of hydrogen-bond donors (Lipinski definition) is 1. The zero-order valence-corrected chi connectivity index (χ0v) is 14.4. The smallest absolute Gasteiger partial charge is 0.212 e. The quantitative estimate of drug-likeness (QED) is 0.716. The molecule has 2 aromatic carbocycles. The van der Waals surface area contributed by atoms with Gasteiger partial charge < -0.3 is 0 Å². The second-order valence-corrected chi connectivity index (χ2v) is 7.96. The van der Waals surface area contributed by atoms with E-state index in [1.165, 1.54) is 24.3 Å². The standard InChI is InChI=1S/C18H16FNO2S2/c19-17-7-5-14(6-8-17)13-24(21,22)20-11-15-3-1-2-4-18(15)16-9-10-23-12-16/h1-10,12,20H,11,13H2. The molecule has 0 radical (unpaired) electrons. The summed E-state index contributed by atoms with van der Waals surface area (Å²) in [6.07, 6.45) is 0. The molecule has 0 amide bonds. The van der Waals surface area contributed by atoms with Crippen molar-refractivity contribution < 1.29 is 12.8 Å². The Morgan fingerprint density at radius 1 is 1.00 bits per heavy atom. The number of rotatable bonds is 6. The third kappa shape index (κ3) is 4.29. The zero-order chi connectivity index (χ0) is 17.0. The summed E-state index contributed by atoms with van der Waals surface area (Å²) in [7, 11) is -3.50. The summed E-state index contributed by atoms with van der Waals surface area (Å²) in [5.41, 5.74) is 3.56. The zero-order valence-electron chi connectivity index (χ0n) is 12.8. The van der Waals surface area contributed by atoms with Gasteiger partial charge in [0.05, 0.1) is 5.75 Å². The Bertz CT molecular complexity index is 904. The summed E-state index contributed by atoms with van der Waals surface area (Å²) < 4.78 is 40.0. The molecule has 124 valence electrons. The summed E-state index contributed by atoms with van der Waals surface area (Å²) in [4.78, 5) is 0. The molecule has 0 atom stereocenters. The van der Waals surface area contributed by atoms with Crippen LogP contribution in [0.5, 0.6) is 0 Å². The van der Waals surface area contributed by atoms with E-state index in [1.54, 1.807) is 11.3 Å². The normalized spacial score (nSPS) is 11.5. The first kappa shape index (κ1) is 16.8. The SMILES string of the molecule is O=S(=O)(Cc1ccc(F)cc1)NCc1ccccc1-c1ccsc1. The number of nitrogens with one attached hydrogen (secondary N) is 1. The molecule has 0 saturated carbocycles. The lowest BCUT2D eigenvalue weighted by atomic mass is 10.0. The van der Waals surface area contributed by atoms with Crippen molar-refractivity contribution in [2.75, 3.05) is 0 Å². The van der Waals surface area contributed by atoms with Crippen molar-refractivity contribution in [3.63, 3.8) is 0 Å². The van der Waals surface area contributed by atoms with Crippen LogP contribution in [-0.2, 0) is 22.3 Å². The first-order valence-corrected chi connectivity index (χ1v) is 9.95. The third-order valence-corrected chi connectivity index (χ3v) is 5.58. The molecule has 24 heavy (non-hydrogen) atoms. The Morgan fingerprint density at radius 2 is 1.75 bits per heavy atom. The molecule has 6 heteroatoms. The van der Waals surface area contributed by atoms with Gasteiger partial charge in [-0.2, -0.15) is 11.3 Å². The summed E-state index contributed by atoms with van der Waals surface area (Å²) in [6.45, 7) is 0.218. The van der Waals surface area contributed by atoms with E-state index in [4.69, 9.17) is 0 Å². The molecule has 3 aromatic rings. The van der Waals surface area contributed by atoms with Crippen LogP contribution in [0.4, 0.5) is 4.39 Å². The van der Waals surface area contributed by atoms with E-state index in [2.05, 4.69) is 4.72 Å². The molecule has 0 aliphatic carbocycles. The van der Waals surface area contributed by atoms with Crippen LogP contribution in [-0.4, -0.2) is 8.42 Å². The molecular formula is C18H16FNO2S2. The van der Waals surface area contributed by atoms with E-state index in [0.717, 1.165) is 16.7 Å². The number of benzene rings is 2. The molecular weight excluding hydrogens is 345 g/mol. The van der Waals surface area contributed by atoms with Crippen LogP contribution in [0, 0.1) is 5.82 Å². The molecule has 0 fully saturated rings. The monoisotopic (exact) mass is 361 g/mol. The van der Waals surface area contributed by atoms with Crippen LogP contribution in [0.1, 0.15) is 11.1 Å². The van der Waals surface area contributed by atoms with Gasteiger partial charge >= 0.3 is 0 Å². The van der Waals surface area contributed by atoms with Gasteiger partial charge in [0.2, 0.25) is 10.0 Å². The second-order valence-electron chi connectivity index (χ2n) is 5.38. The van der Waals surface area contributed by atoms with Crippen LogP contribution in [0.3, 0.4) is 0 Å². The molecule has 1 N–H and O–H groups in total. The molecule has 3 nitrogen and oxygen atoms in total. The maximum Gasteiger partial charge on any atom is 0.216 e. The highest BCUT2D eigenvalue weighted by Gasteiger charge is 2.13. The van der Waals surface area contributed by atoms with Crippen molar-refractivity contribution >= 4 is 21.4 Å². The van der Waals surface area contributed by atoms with Crippen molar-refractivity contribution in [3.8, 4) is 11.1 Å². The Balaban J connectivity index is 1.72. The molecule has 0 aliphatic heterocycles. The van der Waals surface area contributed by atoms with E-state index >= 15 is 0 Å². The van der Waals surface area contributed by atoms with Gasteiger partial charge in [-0.3, -0.25) is 0 Å². The first-order valence-electron chi connectivity index (χ1n) is 7.36. The number of hydrogen-bond acceptors (Lipinski definition) is 3. The van der Waals surface area contributed by atoms with Crippen LogP contribution < -0.4 is 4.72 Å².